The Hall–Kier alpha value is -2.73. The monoisotopic (exact) mass is 435 g/mol. The largest absolute Gasteiger partial charge is 0.497 e. The third-order valence-corrected chi connectivity index (χ3v) is 5.79. The third-order valence-electron chi connectivity index (χ3n) is 4.83. The number of piperidine rings is 1. The van der Waals surface area contributed by atoms with Crippen LogP contribution in [0.5, 0.6) is 5.75 Å². The normalized spacial score (nSPS) is 14.3. The molecule has 0 saturated carbocycles. The molecule has 2 aromatic rings. The van der Waals surface area contributed by atoms with Gasteiger partial charge in [0.2, 0.25) is 5.91 Å². The van der Waals surface area contributed by atoms with Crippen LogP contribution in [0, 0.1) is 11.3 Å². The van der Waals surface area contributed by atoms with E-state index >= 15 is 0 Å². The number of aromatic nitrogens is 1. The Morgan fingerprint density at radius 3 is 2.47 bits per heavy atom. The first kappa shape index (κ1) is 22.0. The Bertz CT molecular complexity index is 950. The van der Waals surface area contributed by atoms with Crippen LogP contribution in [0.25, 0.3) is 11.3 Å². The quantitative estimate of drug-likeness (QED) is 0.634. The van der Waals surface area contributed by atoms with Crippen molar-refractivity contribution < 1.29 is 22.7 Å². The summed E-state index contributed by atoms with van der Waals surface area (Å²) in [7, 11) is 1.49. The number of benzene rings is 1. The number of hydrogen-bond acceptors (Lipinski definition) is 5. The number of carbonyl (C=O) groups is 1. The van der Waals surface area contributed by atoms with Gasteiger partial charge in [-0.1, -0.05) is 11.8 Å². The minimum atomic E-state index is -4.72. The van der Waals surface area contributed by atoms with Gasteiger partial charge in [0.1, 0.15) is 16.8 Å². The fourth-order valence-corrected chi connectivity index (χ4v) is 4.14. The molecular weight excluding hydrogens is 415 g/mol. The Morgan fingerprint density at radius 1 is 1.23 bits per heavy atom. The van der Waals surface area contributed by atoms with Crippen molar-refractivity contribution in [3.05, 3.63) is 41.5 Å². The van der Waals surface area contributed by atoms with Crippen LogP contribution in [0.15, 0.2) is 35.4 Å². The van der Waals surface area contributed by atoms with Crippen molar-refractivity contribution in [2.75, 3.05) is 26.0 Å². The Kier molecular flexibility index (Phi) is 6.87. The van der Waals surface area contributed by atoms with Gasteiger partial charge < -0.3 is 9.64 Å². The first-order valence-electron chi connectivity index (χ1n) is 9.41. The average molecular weight is 435 g/mol. The molecule has 2 heterocycles. The second kappa shape index (κ2) is 9.39. The summed E-state index contributed by atoms with van der Waals surface area (Å²) in [5.74, 6) is 0.337. The van der Waals surface area contributed by atoms with E-state index in [9.17, 15) is 23.2 Å². The number of rotatable bonds is 5. The fourth-order valence-electron chi connectivity index (χ4n) is 3.23. The summed E-state index contributed by atoms with van der Waals surface area (Å²) >= 11 is 0.871. The summed E-state index contributed by atoms with van der Waals surface area (Å²) in [6.45, 7) is 1.30. The number of halogens is 3. The zero-order valence-electron chi connectivity index (χ0n) is 16.3. The Labute approximate surface area is 176 Å². The molecule has 1 amide bonds. The maximum Gasteiger partial charge on any atom is 0.417 e. The van der Waals surface area contributed by atoms with Gasteiger partial charge in [0.05, 0.1) is 29.7 Å². The lowest BCUT2D eigenvalue weighted by atomic mass is 10.1. The number of likely N-dealkylation sites (tertiary alicyclic amines) is 1. The standard InChI is InChI=1S/C21H20F3N3O2S/c1-29-15-7-5-14(6-8-15)18-11-17(21(22,23)24)16(12-25)20(26-18)30-13-19(28)27-9-3-2-4-10-27/h5-8,11H,2-4,9-10,13H2,1H3. The van der Waals surface area contributed by atoms with Gasteiger partial charge in [-0.3, -0.25) is 4.79 Å². The van der Waals surface area contributed by atoms with Crippen molar-refractivity contribution in [3.8, 4) is 23.1 Å². The minimum absolute atomic E-state index is 0.0644. The first-order chi connectivity index (χ1) is 14.3. The molecule has 1 aromatic carbocycles. The highest BCUT2D eigenvalue weighted by Gasteiger charge is 2.36. The molecule has 0 radical (unpaired) electrons. The highest BCUT2D eigenvalue weighted by Crippen LogP contribution is 2.38. The molecule has 3 rings (SSSR count). The third kappa shape index (κ3) is 5.05. The average Bonchev–Trinajstić information content (AvgIpc) is 2.76. The lowest BCUT2D eigenvalue weighted by Crippen LogP contribution is -2.36. The Morgan fingerprint density at radius 2 is 1.90 bits per heavy atom. The second-order valence-corrected chi connectivity index (χ2v) is 7.77. The van der Waals surface area contributed by atoms with Gasteiger partial charge in [-0.2, -0.15) is 18.4 Å². The van der Waals surface area contributed by atoms with Crippen LogP contribution < -0.4 is 4.74 Å². The molecule has 1 aliphatic rings. The van der Waals surface area contributed by atoms with Crippen molar-refractivity contribution in [2.45, 2.75) is 30.5 Å². The van der Waals surface area contributed by atoms with Gasteiger partial charge in [0.15, 0.2) is 0 Å². The fraction of sp³-hybridized carbons (Fsp3) is 0.381. The highest BCUT2D eigenvalue weighted by molar-refractivity contribution is 8.00. The number of carbonyl (C=O) groups excluding carboxylic acids is 1. The maximum atomic E-state index is 13.6. The van der Waals surface area contributed by atoms with Crippen molar-refractivity contribution in [3.63, 3.8) is 0 Å². The molecule has 1 saturated heterocycles. The van der Waals surface area contributed by atoms with Crippen LogP contribution in [0.1, 0.15) is 30.4 Å². The van der Waals surface area contributed by atoms with E-state index in [1.165, 1.54) is 7.11 Å². The van der Waals surface area contributed by atoms with Crippen molar-refractivity contribution in [1.29, 1.82) is 5.26 Å². The summed E-state index contributed by atoms with van der Waals surface area (Å²) in [6.07, 6.45) is -1.82. The maximum absolute atomic E-state index is 13.6. The van der Waals surface area contributed by atoms with Gasteiger partial charge in [-0.25, -0.2) is 4.98 Å². The predicted molar refractivity (Wildman–Crippen MR) is 107 cm³/mol. The molecule has 0 unspecified atom stereocenters. The van der Waals surface area contributed by atoms with Crippen LogP contribution in [0.2, 0.25) is 0 Å². The predicted octanol–water partition coefficient (Wildman–Crippen LogP) is 4.75. The van der Waals surface area contributed by atoms with Crippen LogP contribution in [-0.4, -0.2) is 41.7 Å². The number of nitriles is 1. The molecule has 0 aliphatic carbocycles. The van der Waals surface area contributed by atoms with Crippen molar-refractivity contribution >= 4 is 17.7 Å². The van der Waals surface area contributed by atoms with E-state index in [0.29, 0.717) is 24.4 Å². The molecule has 0 spiro atoms. The number of pyridine rings is 1. The van der Waals surface area contributed by atoms with Crippen LogP contribution in [-0.2, 0) is 11.0 Å². The molecule has 30 heavy (non-hydrogen) atoms. The molecule has 5 nitrogen and oxygen atoms in total. The van der Waals surface area contributed by atoms with Gasteiger partial charge in [0, 0.05) is 18.7 Å². The number of hydrogen-bond donors (Lipinski definition) is 0. The summed E-state index contributed by atoms with van der Waals surface area (Å²) < 4.78 is 46.0. The van der Waals surface area contributed by atoms with Crippen molar-refractivity contribution in [2.24, 2.45) is 0 Å². The van der Waals surface area contributed by atoms with Crippen LogP contribution in [0.4, 0.5) is 13.2 Å². The van der Waals surface area contributed by atoms with Gasteiger partial charge in [-0.05, 0) is 49.6 Å². The number of alkyl halides is 3. The first-order valence-corrected chi connectivity index (χ1v) is 10.4. The Balaban J connectivity index is 1.95. The highest BCUT2D eigenvalue weighted by atomic mass is 32.2. The summed E-state index contributed by atoms with van der Waals surface area (Å²) in [5.41, 5.74) is -1.08. The molecule has 0 atom stereocenters. The number of amides is 1. The smallest absolute Gasteiger partial charge is 0.417 e. The van der Waals surface area contributed by atoms with E-state index in [-0.39, 0.29) is 22.4 Å². The van der Waals surface area contributed by atoms with Gasteiger partial charge in [-0.15, -0.1) is 0 Å². The van der Waals surface area contributed by atoms with E-state index in [0.717, 1.165) is 37.1 Å². The summed E-state index contributed by atoms with van der Waals surface area (Å²) in [6, 6.07) is 8.93. The zero-order chi connectivity index (χ0) is 21.7. The van der Waals surface area contributed by atoms with E-state index in [1.807, 2.05) is 0 Å². The molecule has 158 valence electrons. The second-order valence-electron chi connectivity index (χ2n) is 6.80. The van der Waals surface area contributed by atoms with Gasteiger partial charge >= 0.3 is 6.18 Å². The van der Waals surface area contributed by atoms with Crippen LogP contribution in [0.3, 0.4) is 0 Å². The topological polar surface area (TPSA) is 66.2 Å². The number of methoxy groups -OCH3 is 1. The lowest BCUT2D eigenvalue weighted by molar-refractivity contribution is -0.138. The van der Waals surface area contributed by atoms with E-state index in [2.05, 4.69) is 4.98 Å². The van der Waals surface area contributed by atoms with Crippen molar-refractivity contribution in [1.82, 2.24) is 9.88 Å². The number of thioether (sulfide) groups is 1. The molecular formula is C21H20F3N3O2S. The molecule has 9 heteroatoms. The molecule has 1 fully saturated rings. The van der Waals surface area contributed by atoms with E-state index in [4.69, 9.17) is 4.74 Å². The number of nitrogens with zero attached hydrogens (tertiary/aromatic N) is 3. The summed E-state index contributed by atoms with van der Waals surface area (Å²) in [4.78, 5) is 18.4. The minimum Gasteiger partial charge on any atom is -0.497 e. The van der Waals surface area contributed by atoms with Crippen LogP contribution >= 0.6 is 11.8 Å². The van der Waals surface area contributed by atoms with E-state index in [1.54, 1.807) is 35.2 Å². The summed E-state index contributed by atoms with van der Waals surface area (Å²) in [5, 5.41) is 9.30. The molecule has 1 aliphatic heterocycles. The zero-order valence-corrected chi connectivity index (χ0v) is 17.1. The number of ether oxygens (including phenoxy) is 1. The van der Waals surface area contributed by atoms with E-state index < -0.39 is 17.3 Å². The SMILES string of the molecule is COc1ccc(-c2cc(C(F)(F)F)c(C#N)c(SCC(=O)N3CCCCC3)n2)cc1. The van der Waals surface area contributed by atoms with Gasteiger partial charge in [0.25, 0.3) is 0 Å². The molecule has 0 N–H and O–H groups in total. The lowest BCUT2D eigenvalue weighted by Gasteiger charge is -2.26. The molecule has 0 bridgehead atoms. The molecule has 1 aromatic heterocycles.